The molecule has 0 saturated carbocycles. The highest BCUT2D eigenvalue weighted by Gasteiger charge is 2.21. The van der Waals surface area contributed by atoms with Gasteiger partial charge in [-0.25, -0.2) is 4.68 Å². The summed E-state index contributed by atoms with van der Waals surface area (Å²) >= 11 is 6.48. The number of anilines is 1. The molecule has 6 nitrogen and oxygen atoms in total. The highest BCUT2D eigenvalue weighted by atomic mass is 35.5. The van der Waals surface area contributed by atoms with Gasteiger partial charge in [-0.1, -0.05) is 41.9 Å². The molecule has 0 aliphatic rings. The second-order valence-electron chi connectivity index (χ2n) is 6.59. The maximum Gasteiger partial charge on any atom is 0.260 e. The van der Waals surface area contributed by atoms with Crippen LogP contribution in [-0.4, -0.2) is 20.7 Å². The molecular formula is C23H19ClN4O2. The minimum atomic E-state index is -0.332. The van der Waals surface area contributed by atoms with Gasteiger partial charge < -0.3 is 10.1 Å². The molecule has 0 bridgehead atoms. The first-order valence-corrected chi connectivity index (χ1v) is 9.74. The van der Waals surface area contributed by atoms with Gasteiger partial charge in [0.2, 0.25) is 0 Å². The Morgan fingerprint density at radius 3 is 2.63 bits per heavy atom. The van der Waals surface area contributed by atoms with Crippen LogP contribution in [-0.2, 0) is 6.61 Å². The highest BCUT2D eigenvalue weighted by molar-refractivity contribution is 6.34. The lowest BCUT2D eigenvalue weighted by atomic mass is 10.2. The fraction of sp³-hybridized carbons (Fsp3) is 0.0870. The number of pyridine rings is 1. The van der Waals surface area contributed by atoms with Crippen molar-refractivity contribution >= 4 is 23.2 Å². The molecule has 7 heteroatoms. The molecule has 0 atom stereocenters. The van der Waals surface area contributed by atoms with Crippen LogP contribution in [0.4, 0.5) is 5.69 Å². The van der Waals surface area contributed by atoms with Crippen LogP contribution in [0.3, 0.4) is 0 Å². The molecule has 0 aliphatic heterocycles. The summed E-state index contributed by atoms with van der Waals surface area (Å²) in [4.78, 5) is 17.1. The van der Waals surface area contributed by atoms with Crippen LogP contribution < -0.4 is 10.1 Å². The largest absolute Gasteiger partial charge is 0.487 e. The zero-order valence-electron chi connectivity index (χ0n) is 16.2. The maximum atomic E-state index is 12.9. The molecule has 0 fully saturated rings. The van der Waals surface area contributed by atoms with Crippen LogP contribution in [0.1, 0.15) is 21.7 Å². The number of nitrogens with one attached hydrogen (secondary N) is 1. The van der Waals surface area contributed by atoms with Crippen molar-refractivity contribution in [1.29, 1.82) is 0 Å². The smallest absolute Gasteiger partial charge is 0.260 e. The van der Waals surface area contributed by atoms with E-state index in [9.17, 15) is 4.79 Å². The Labute approximate surface area is 179 Å². The first-order chi connectivity index (χ1) is 14.6. The topological polar surface area (TPSA) is 69.0 Å². The number of rotatable bonds is 6. The molecule has 1 amide bonds. The van der Waals surface area contributed by atoms with Gasteiger partial charge in [0.1, 0.15) is 23.1 Å². The van der Waals surface area contributed by atoms with Crippen LogP contribution in [0.2, 0.25) is 5.15 Å². The normalized spacial score (nSPS) is 10.6. The summed E-state index contributed by atoms with van der Waals surface area (Å²) in [6.45, 7) is 2.10. The van der Waals surface area contributed by atoms with Crippen molar-refractivity contribution in [1.82, 2.24) is 14.8 Å². The van der Waals surface area contributed by atoms with Gasteiger partial charge in [-0.2, -0.15) is 5.10 Å². The van der Waals surface area contributed by atoms with E-state index in [0.717, 1.165) is 11.4 Å². The number of amides is 1. The highest BCUT2D eigenvalue weighted by Crippen LogP contribution is 2.25. The second-order valence-corrected chi connectivity index (χ2v) is 6.95. The predicted octanol–water partition coefficient (Wildman–Crippen LogP) is 5.06. The molecule has 30 heavy (non-hydrogen) atoms. The minimum Gasteiger partial charge on any atom is -0.487 e. The zero-order chi connectivity index (χ0) is 20.9. The average molecular weight is 419 g/mol. The van der Waals surface area contributed by atoms with Gasteiger partial charge in [-0.3, -0.25) is 9.78 Å². The Morgan fingerprint density at radius 2 is 1.87 bits per heavy atom. The van der Waals surface area contributed by atoms with E-state index in [1.165, 1.54) is 0 Å². The standard InChI is InChI=1S/C23H19ClN4O2/c1-16-21(22(24)28(27-16)19-10-3-2-4-11-19)23(29)26-17-9-7-12-20(14-17)30-15-18-8-5-6-13-25-18/h2-14H,15H2,1H3,(H,26,29). The van der Waals surface area contributed by atoms with E-state index in [2.05, 4.69) is 15.4 Å². The van der Waals surface area contributed by atoms with Crippen molar-refractivity contribution in [2.75, 3.05) is 5.32 Å². The molecule has 1 N–H and O–H groups in total. The third-order valence-electron chi connectivity index (χ3n) is 4.44. The van der Waals surface area contributed by atoms with E-state index >= 15 is 0 Å². The quantitative estimate of drug-likeness (QED) is 0.475. The lowest BCUT2D eigenvalue weighted by Crippen LogP contribution is -2.13. The van der Waals surface area contributed by atoms with Gasteiger partial charge in [0.05, 0.1) is 17.1 Å². The first-order valence-electron chi connectivity index (χ1n) is 9.36. The predicted molar refractivity (Wildman–Crippen MR) is 116 cm³/mol. The van der Waals surface area contributed by atoms with Gasteiger partial charge in [0.15, 0.2) is 0 Å². The Morgan fingerprint density at radius 1 is 1.07 bits per heavy atom. The van der Waals surface area contributed by atoms with Crippen molar-refractivity contribution in [3.63, 3.8) is 0 Å². The van der Waals surface area contributed by atoms with Crippen molar-refractivity contribution in [2.24, 2.45) is 0 Å². The van der Waals surface area contributed by atoms with Crippen LogP contribution in [0.5, 0.6) is 5.75 Å². The van der Waals surface area contributed by atoms with E-state index in [1.54, 1.807) is 29.9 Å². The van der Waals surface area contributed by atoms with Crippen LogP contribution in [0.15, 0.2) is 79.0 Å². The van der Waals surface area contributed by atoms with Crippen molar-refractivity contribution in [2.45, 2.75) is 13.5 Å². The van der Waals surface area contributed by atoms with Crippen molar-refractivity contribution in [3.05, 3.63) is 101 Å². The fourth-order valence-corrected chi connectivity index (χ4v) is 3.35. The first kappa shape index (κ1) is 19.7. The molecule has 2 aromatic carbocycles. The number of aryl methyl sites for hydroxylation is 1. The summed E-state index contributed by atoms with van der Waals surface area (Å²) in [5.74, 6) is 0.294. The van der Waals surface area contributed by atoms with Crippen molar-refractivity contribution < 1.29 is 9.53 Å². The number of halogens is 1. The zero-order valence-corrected chi connectivity index (χ0v) is 17.0. The molecule has 0 spiro atoms. The van der Waals surface area contributed by atoms with Gasteiger partial charge >= 0.3 is 0 Å². The van der Waals surface area contributed by atoms with E-state index in [4.69, 9.17) is 16.3 Å². The van der Waals surface area contributed by atoms with Crippen LogP contribution in [0, 0.1) is 6.92 Å². The molecule has 2 aromatic heterocycles. The molecular weight excluding hydrogens is 400 g/mol. The Kier molecular flexibility index (Phi) is 5.77. The number of nitrogens with zero attached hydrogens (tertiary/aromatic N) is 3. The summed E-state index contributed by atoms with van der Waals surface area (Å²) in [5, 5.41) is 7.55. The Hall–Kier alpha value is -3.64. The second kappa shape index (κ2) is 8.80. The number of para-hydroxylation sites is 1. The number of carbonyl (C=O) groups excluding carboxylic acids is 1. The number of aromatic nitrogens is 3. The van der Waals surface area contributed by atoms with Gasteiger partial charge in [-0.05, 0) is 43.3 Å². The summed E-state index contributed by atoms with van der Waals surface area (Å²) in [5.41, 5.74) is 3.09. The van der Waals surface area contributed by atoms with Crippen molar-refractivity contribution in [3.8, 4) is 11.4 Å². The average Bonchev–Trinajstić information content (AvgIpc) is 3.08. The number of carbonyl (C=O) groups is 1. The lowest BCUT2D eigenvalue weighted by Gasteiger charge is -2.09. The Balaban J connectivity index is 1.50. The van der Waals surface area contributed by atoms with Crippen LogP contribution in [0.25, 0.3) is 5.69 Å². The molecule has 2 heterocycles. The Bertz CT molecular complexity index is 1160. The summed E-state index contributed by atoms with van der Waals surface area (Å²) in [7, 11) is 0. The number of benzene rings is 2. The molecule has 0 radical (unpaired) electrons. The molecule has 0 aliphatic carbocycles. The molecule has 0 saturated heterocycles. The lowest BCUT2D eigenvalue weighted by molar-refractivity contribution is 0.102. The third kappa shape index (κ3) is 4.34. The molecule has 4 rings (SSSR count). The molecule has 0 unspecified atom stereocenters. The van der Waals surface area contributed by atoms with E-state index in [0.29, 0.717) is 29.3 Å². The molecule has 4 aromatic rings. The van der Waals surface area contributed by atoms with Gasteiger partial charge in [-0.15, -0.1) is 0 Å². The summed E-state index contributed by atoms with van der Waals surface area (Å²) < 4.78 is 7.33. The van der Waals surface area contributed by atoms with Crippen LogP contribution >= 0.6 is 11.6 Å². The number of hydrogen-bond acceptors (Lipinski definition) is 4. The molecule has 150 valence electrons. The fourth-order valence-electron chi connectivity index (χ4n) is 3.00. The SMILES string of the molecule is Cc1nn(-c2ccccc2)c(Cl)c1C(=O)Nc1cccc(OCc2ccccn2)c1. The number of hydrogen-bond donors (Lipinski definition) is 1. The van der Waals surface area contributed by atoms with E-state index in [1.807, 2.05) is 60.7 Å². The number of ether oxygens (including phenoxy) is 1. The van der Waals surface area contributed by atoms with Gasteiger partial charge in [0.25, 0.3) is 5.91 Å². The summed E-state index contributed by atoms with van der Waals surface area (Å²) in [6.07, 6.45) is 1.72. The monoisotopic (exact) mass is 418 g/mol. The van der Waals surface area contributed by atoms with E-state index < -0.39 is 0 Å². The minimum absolute atomic E-state index is 0.263. The van der Waals surface area contributed by atoms with E-state index in [-0.39, 0.29) is 11.1 Å². The maximum absolute atomic E-state index is 12.9. The van der Waals surface area contributed by atoms with Gasteiger partial charge in [0, 0.05) is 18.0 Å². The third-order valence-corrected chi connectivity index (χ3v) is 4.79. The summed E-state index contributed by atoms with van der Waals surface area (Å²) in [6, 6.07) is 22.3.